The van der Waals surface area contributed by atoms with Crippen molar-refractivity contribution in [3.63, 3.8) is 0 Å². The van der Waals surface area contributed by atoms with Gasteiger partial charge in [0.05, 0.1) is 7.11 Å². The number of methoxy groups -OCH3 is 1. The SMILES string of the molecule is COc1ccc([C@@H]2[C@@H](NC(=O)c3cccc(C)c3)C(=O)N/[N+]2=C\c2ccc(Cl)cc2)cc1. The molecule has 2 N–H and O–H groups in total. The number of nitrogens with one attached hydrogen (secondary N) is 2. The summed E-state index contributed by atoms with van der Waals surface area (Å²) in [6.07, 6.45) is 1.82. The van der Waals surface area contributed by atoms with Crippen LogP contribution in [0.5, 0.6) is 5.75 Å². The van der Waals surface area contributed by atoms with Crippen LogP contribution in [-0.2, 0) is 4.79 Å². The van der Waals surface area contributed by atoms with Crippen LogP contribution in [0.1, 0.15) is 33.1 Å². The largest absolute Gasteiger partial charge is 0.497 e. The van der Waals surface area contributed by atoms with Crippen molar-refractivity contribution in [2.45, 2.75) is 19.0 Å². The fourth-order valence-electron chi connectivity index (χ4n) is 3.70. The number of hydrazone groups is 1. The Morgan fingerprint density at radius 3 is 2.47 bits per heavy atom. The first-order chi connectivity index (χ1) is 15.4. The van der Waals surface area contributed by atoms with Gasteiger partial charge < -0.3 is 10.1 Å². The number of halogens is 1. The Morgan fingerprint density at radius 2 is 1.81 bits per heavy atom. The molecular formula is C25H23ClN3O3+. The van der Waals surface area contributed by atoms with Gasteiger partial charge in [-0.25, -0.2) is 0 Å². The van der Waals surface area contributed by atoms with E-state index in [4.69, 9.17) is 16.3 Å². The number of hydrazine groups is 1. The Hall–Kier alpha value is -3.64. The summed E-state index contributed by atoms with van der Waals surface area (Å²) >= 11 is 6.00. The topological polar surface area (TPSA) is 70.4 Å². The Balaban J connectivity index is 1.70. The number of carbonyl (C=O) groups excluding carboxylic acids is 2. The van der Waals surface area contributed by atoms with Crippen LogP contribution < -0.4 is 15.5 Å². The van der Waals surface area contributed by atoms with Crippen LogP contribution in [0.15, 0.2) is 72.8 Å². The molecule has 0 radical (unpaired) electrons. The molecule has 0 spiro atoms. The van der Waals surface area contributed by atoms with Crippen molar-refractivity contribution in [3.8, 4) is 5.75 Å². The van der Waals surface area contributed by atoms with E-state index in [0.717, 1.165) is 16.7 Å². The fourth-order valence-corrected chi connectivity index (χ4v) is 3.83. The van der Waals surface area contributed by atoms with Crippen molar-refractivity contribution < 1.29 is 19.0 Å². The number of hydrogen-bond donors (Lipinski definition) is 2. The van der Waals surface area contributed by atoms with E-state index >= 15 is 0 Å². The third-order valence-corrected chi connectivity index (χ3v) is 5.57. The van der Waals surface area contributed by atoms with E-state index in [0.29, 0.717) is 16.3 Å². The van der Waals surface area contributed by atoms with E-state index in [1.165, 1.54) is 0 Å². The normalized spacial score (nSPS) is 19.0. The Labute approximate surface area is 191 Å². The second kappa shape index (κ2) is 9.24. The minimum absolute atomic E-state index is 0.294. The summed E-state index contributed by atoms with van der Waals surface area (Å²) in [5, 5.41) is 3.54. The zero-order valence-electron chi connectivity index (χ0n) is 17.7. The summed E-state index contributed by atoms with van der Waals surface area (Å²) < 4.78 is 6.98. The van der Waals surface area contributed by atoms with Gasteiger partial charge in [0.2, 0.25) is 12.3 Å². The number of hydrogen-bond acceptors (Lipinski definition) is 3. The zero-order chi connectivity index (χ0) is 22.7. The van der Waals surface area contributed by atoms with Crippen molar-refractivity contribution in [2.75, 3.05) is 7.11 Å². The number of rotatable bonds is 5. The molecule has 6 nitrogen and oxygen atoms in total. The van der Waals surface area contributed by atoms with Gasteiger partial charge in [0.1, 0.15) is 5.75 Å². The molecule has 0 saturated carbocycles. The predicted molar refractivity (Wildman–Crippen MR) is 123 cm³/mol. The van der Waals surface area contributed by atoms with E-state index in [2.05, 4.69) is 10.7 Å². The molecule has 162 valence electrons. The van der Waals surface area contributed by atoms with Crippen LogP contribution in [0.3, 0.4) is 0 Å². The van der Waals surface area contributed by atoms with Gasteiger partial charge >= 0.3 is 5.91 Å². The van der Waals surface area contributed by atoms with Gasteiger partial charge in [-0.05, 0) is 67.6 Å². The lowest BCUT2D eigenvalue weighted by Gasteiger charge is -2.15. The summed E-state index contributed by atoms with van der Waals surface area (Å²) in [4.78, 5) is 25.9. The molecule has 0 unspecified atom stereocenters. The summed E-state index contributed by atoms with van der Waals surface area (Å²) in [7, 11) is 1.60. The number of benzene rings is 3. The Kier molecular flexibility index (Phi) is 6.23. The highest BCUT2D eigenvalue weighted by molar-refractivity contribution is 6.30. The first-order valence-electron chi connectivity index (χ1n) is 10.2. The number of ether oxygens (including phenoxy) is 1. The zero-order valence-corrected chi connectivity index (χ0v) is 18.5. The second-order valence-electron chi connectivity index (χ2n) is 7.60. The standard InChI is InChI=1S/C25H22ClN3O3/c1-16-4-3-5-19(14-16)24(30)27-22-23(18-8-12-21(32-2)13-9-18)29(28-25(22)31)15-17-6-10-20(26)11-7-17/h3-15,22-23H,1-2H3,(H-,27,28,30,31)/p+1/b29-15-/t22-,23-/m1/s1. The lowest BCUT2D eigenvalue weighted by molar-refractivity contribution is -0.596. The smallest absolute Gasteiger partial charge is 0.304 e. The van der Waals surface area contributed by atoms with Crippen LogP contribution in [-0.4, -0.2) is 35.9 Å². The molecule has 1 aliphatic rings. The highest BCUT2D eigenvalue weighted by Gasteiger charge is 2.47. The van der Waals surface area contributed by atoms with Crippen molar-refractivity contribution in [1.82, 2.24) is 10.7 Å². The minimum Gasteiger partial charge on any atom is -0.497 e. The van der Waals surface area contributed by atoms with Gasteiger partial charge in [-0.2, -0.15) is 0 Å². The molecule has 0 aliphatic carbocycles. The molecule has 1 heterocycles. The van der Waals surface area contributed by atoms with Gasteiger partial charge in [-0.1, -0.05) is 29.3 Å². The molecule has 0 aromatic heterocycles. The molecule has 4 rings (SSSR count). The second-order valence-corrected chi connectivity index (χ2v) is 8.04. The maximum atomic E-state index is 12.9. The summed E-state index contributed by atoms with van der Waals surface area (Å²) in [6.45, 7) is 1.92. The lowest BCUT2D eigenvalue weighted by Crippen LogP contribution is -2.42. The maximum Gasteiger partial charge on any atom is 0.304 e. The van der Waals surface area contributed by atoms with Gasteiger partial charge in [-0.15, -0.1) is 10.1 Å². The van der Waals surface area contributed by atoms with Crippen molar-refractivity contribution >= 4 is 29.6 Å². The maximum absolute atomic E-state index is 12.9. The van der Waals surface area contributed by atoms with E-state index in [1.54, 1.807) is 36.1 Å². The number of carbonyl (C=O) groups is 2. The first kappa shape index (κ1) is 21.6. The Morgan fingerprint density at radius 1 is 1.09 bits per heavy atom. The number of aryl methyl sites for hydroxylation is 1. The van der Waals surface area contributed by atoms with E-state index < -0.39 is 12.1 Å². The van der Waals surface area contributed by atoms with Crippen LogP contribution in [0, 0.1) is 6.92 Å². The number of nitrogens with zero attached hydrogens (tertiary/aromatic N) is 1. The monoisotopic (exact) mass is 448 g/mol. The molecule has 7 heteroatoms. The molecule has 32 heavy (non-hydrogen) atoms. The first-order valence-corrected chi connectivity index (χ1v) is 10.5. The molecule has 1 saturated heterocycles. The lowest BCUT2D eigenvalue weighted by atomic mass is 9.99. The average Bonchev–Trinajstić information content (AvgIpc) is 3.09. The third kappa shape index (κ3) is 4.65. The van der Waals surface area contributed by atoms with Gasteiger partial charge in [-0.3, -0.25) is 9.59 Å². The molecular weight excluding hydrogens is 426 g/mol. The van der Waals surface area contributed by atoms with Gasteiger partial charge in [0.25, 0.3) is 5.91 Å². The molecule has 3 aromatic rings. The summed E-state index contributed by atoms with van der Waals surface area (Å²) in [5.41, 5.74) is 6.06. The minimum atomic E-state index is -0.792. The molecule has 2 atom stereocenters. The van der Waals surface area contributed by atoms with E-state index in [-0.39, 0.29) is 11.8 Å². The average molecular weight is 449 g/mol. The predicted octanol–water partition coefficient (Wildman–Crippen LogP) is 3.67. The van der Waals surface area contributed by atoms with E-state index in [9.17, 15) is 9.59 Å². The van der Waals surface area contributed by atoms with Crippen molar-refractivity contribution in [3.05, 3.63) is 100 Å². The highest BCUT2D eigenvalue weighted by Crippen LogP contribution is 2.27. The molecule has 1 fully saturated rings. The Bertz CT molecular complexity index is 1170. The van der Waals surface area contributed by atoms with Gasteiger partial charge in [0, 0.05) is 21.7 Å². The van der Waals surface area contributed by atoms with Crippen LogP contribution >= 0.6 is 11.6 Å². The summed E-state index contributed by atoms with van der Waals surface area (Å²) in [6, 6.07) is 20.7. The van der Waals surface area contributed by atoms with Crippen LogP contribution in [0.4, 0.5) is 0 Å². The molecule has 1 aliphatic heterocycles. The van der Waals surface area contributed by atoms with Crippen LogP contribution in [0.2, 0.25) is 5.02 Å². The summed E-state index contributed by atoms with van der Waals surface area (Å²) in [5.74, 6) is 0.109. The van der Waals surface area contributed by atoms with E-state index in [1.807, 2.05) is 61.7 Å². The van der Waals surface area contributed by atoms with Crippen molar-refractivity contribution in [2.24, 2.45) is 0 Å². The fraction of sp³-hybridized carbons (Fsp3) is 0.160. The quantitative estimate of drug-likeness (QED) is 0.585. The molecule has 2 amide bonds. The highest BCUT2D eigenvalue weighted by atomic mass is 35.5. The van der Waals surface area contributed by atoms with Crippen LogP contribution in [0.25, 0.3) is 0 Å². The third-order valence-electron chi connectivity index (χ3n) is 5.32. The number of amides is 2. The van der Waals surface area contributed by atoms with Gasteiger partial charge in [0.15, 0.2) is 6.04 Å². The molecule has 3 aromatic carbocycles. The molecule has 0 bridgehead atoms. The van der Waals surface area contributed by atoms with Crippen molar-refractivity contribution in [1.29, 1.82) is 0 Å².